The minimum atomic E-state index is -4.87. The van der Waals surface area contributed by atoms with Gasteiger partial charge in [-0.2, -0.15) is 13.2 Å². The number of quaternary nitrogens is 1. The maximum Gasteiger partial charge on any atom is 0.401 e. The number of hydrogen-bond donors (Lipinski definition) is 5. The molecule has 2 aromatic carbocycles. The zero-order valence-corrected chi connectivity index (χ0v) is 20.9. The number of nitrogens with zero attached hydrogens (tertiary/aromatic N) is 1. The minimum Gasteiger partial charge on any atom is -0.489 e. The van der Waals surface area contributed by atoms with Gasteiger partial charge in [0.15, 0.2) is 5.69 Å². The topological polar surface area (TPSA) is 135 Å². The van der Waals surface area contributed by atoms with Crippen molar-refractivity contribution in [3.05, 3.63) is 71.2 Å². The second-order valence-corrected chi connectivity index (χ2v) is 9.95. The number of carbonyl (C=O) groups is 2. The number of halogens is 4. The third-order valence-electron chi connectivity index (χ3n) is 7.28. The fourth-order valence-electron chi connectivity index (χ4n) is 4.50. The number of nitrogens with one attached hydrogen (secondary N) is 3. The van der Waals surface area contributed by atoms with E-state index in [1.807, 2.05) is 0 Å². The molecule has 0 radical (unpaired) electrons. The molecule has 39 heavy (non-hydrogen) atoms. The Labute approximate surface area is 220 Å². The highest BCUT2D eigenvalue weighted by Gasteiger charge is 2.55. The van der Waals surface area contributed by atoms with Crippen molar-refractivity contribution in [1.82, 2.24) is 15.8 Å². The quantitative estimate of drug-likeness (QED) is 0.183. The van der Waals surface area contributed by atoms with Gasteiger partial charge in [0.2, 0.25) is 5.91 Å². The Hall–Kier alpha value is -4.23. The number of benzene rings is 2. The van der Waals surface area contributed by atoms with E-state index in [2.05, 4.69) is 21.3 Å². The number of fused-ring (bicyclic) bond motifs is 2. The molecule has 9 nitrogen and oxygen atoms in total. The molecule has 2 amide bonds. The van der Waals surface area contributed by atoms with Crippen molar-refractivity contribution < 1.29 is 37.3 Å². The van der Waals surface area contributed by atoms with Gasteiger partial charge in [-0.3, -0.25) is 15.0 Å². The van der Waals surface area contributed by atoms with Gasteiger partial charge in [0, 0.05) is 29.3 Å². The number of pyridine rings is 1. The number of rotatable bonds is 6. The van der Waals surface area contributed by atoms with Gasteiger partial charge in [-0.1, -0.05) is 5.53 Å². The van der Waals surface area contributed by atoms with Crippen molar-refractivity contribution in [2.75, 3.05) is 18.6 Å². The first-order valence-electron chi connectivity index (χ1n) is 11.9. The molecule has 0 bridgehead atoms. The first kappa shape index (κ1) is 26.4. The Morgan fingerprint density at radius 3 is 2.56 bits per heavy atom. The number of nitrogens with two attached hydrogens (primary N) is 2. The molecule has 1 aromatic heterocycles. The summed E-state index contributed by atoms with van der Waals surface area (Å²) in [5.41, 5.74) is 10.3. The SMILES string of the molecule is C[C@]1(C(N)=O)COc2c1cc([C@@](C)(CNC(=O)c1ccc3c(c1)[NH2+]NN3)C(F)(F)F)nc2-c1ccc(F)cc1. The van der Waals surface area contributed by atoms with Crippen LogP contribution in [0.1, 0.15) is 35.5 Å². The van der Waals surface area contributed by atoms with Crippen LogP contribution in [0.15, 0.2) is 48.5 Å². The Bertz CT molecular complexity index is 1480. The minimum absolute atomic E-state index is 0.00318. The summed E-state index contributed by atoms with van der Waals surface area (Å²) in [6, 6.07) is 10.8. The Kier molecular flexibility index (Phi) is 6.23. The van der Waals surface area contributed by atoms with Gasteiger partial charge in [-0.15, -0.1) is 0 Å². The smallest absolute Gasteiger partial charge is 0.401 e. The molecule has 0 aliphatic carbocycles. The van der Waals surface area contributed by atoms with Crippen LogP contribution in [0.5, 0.6) is 5.75 Å². The number of amides is 2. The predicted octanol–water partition coefficient (Wildman–Crippen LogP) is 2.31. The molecule has 2 atom stereocenters. The Morgan fingerprint density at radius 2 is 1.90 bits per heavy atom. The van der Waals surface area contributed by atoms with Crippen LogP contribution in [0.3, 0.4) is 0 Å². The summed E-state index contributed by atoms with van der Waals surface area (Å²) in [7, 11) is 0. The van der Waals surface area contributed by atoms with Gasteiger partial charge in [0.05, 0.1) is 5.69 Å². The highest BCUT2D eigenvalue weighted by molar-refractivity contribution is 5.96. The van der Waals surface area contributed by atoms with Crippen LogP contribution in [0.4, 0.5) is 28.9 Å². The van der Waals surface area contributed by atoms with E-state index >= 15 is 0 Å². The Morgan fingerprint density at radius 1 is 1.18 bits per heavy atom. The molecular weight excluding hydrogens is 520 g/mol. The molecule has 3 heterocycles. The average Bonchev–Trinajstić information content (AvgIpc) is 3.51. The van der Waals surface area contributed by atoms with Crippen LogP contribution in [0.2, 0.25) is 0 Å². The third kappa shape index (κ3) is 4.42. The number of hydrogen-bond acceptors (Lipinski definition) is 6. The molecule has 0 spiro atoms. The molecule has 13 heteroatoms. The maximum atomic E-state index is 14.7. The summed E-state index contributed by atoms with van der Waals surface area (Å²) < 4.78 is 63.5. The van der Waals surface area contributed by atoms with Crippen molar-refractivity contribution in [2.24, 2.45) is 5.73 Å². The molecular formula is C26H25F4N6O3+. The van der Waals surface area contributed by atoms with Crippen molar-refractivity contribution in [3.63, 3.8) is 0 Å². The highest BCUT2D eigenvalue weighted by atomic mass is 19.4. The van der Waals surface area contributed by atoms with E-state index in [0.29, 0.717) is 5.69 Å². The molecule has 0 fully saturated rings. The summed E-state index contributed by atoms with van der Waals surface area (Å²) in [5.74, 6) is -1.95. The average molecular weight is 546 g/mol. The monoisotopic (exact) mass is 545 g/mol. The summed E-state index contributed by atoms with van der Waals surface area (Å²) in [4.78, 5) is 29.6. The van der Waals surface area contributed by atoms with Crippen LogP contribution < -0.4 is 32.2 Å². The van der Waals surface area contributed by atoms with E-state index in [4.69, 9.17) is 10.5 Å². The normalized spacial score (nSPS) is 19.3. The predicted molar refractivity (Wildman–Crippen MR) is 132 cm³/mol. The number of aromatic nitrogens is 1. The lowest BCUT2D eigenvalue weighted by Gasteiger charge is -2.33. The zero-order valence-electron chi connectivity index (χ0n) is 20.9. The lowest BCUT2D eigenvalue weighted by atomic mass is 9.79. The van der Waals surface area contributed by atoms with Crippen LogP contribution in [0, 0.1) is 5.82 Å². The van der Waals surface area contributed by atoms with Crippen LogP contribution in [-0.2, 0) is 15.6 Å². The molecule has 2 aliphatic rings. The molecule has 7 N–H and O–H groups in total. The van der Waals surface area contributed by atoms with Gasteiger partial charge in [-0.05, 0) is 56.3 Å². The van der Waals surface area contributed by atoms with Gasteiger partial charge in [-0.25, -0.2) is 14.8 Å². The van der Waals surface area contributed by atoms with Gasteiger partial charge < -0.3 is 15.8 Å². The van der Waals surface area contributed by atoms with Gasteiger partial charge >= 0.3 is 6.18 Å². The molecule has 204 valence electrons. The van der Waals surface area contributed by atoms with E-state index in [0.717, 1.165) is 30.8 Å². The van der Waals surface area contributed by atoms with Gasteiger partial charge in [0.25, 0.3) is 5.91 Å². The number of primary amides is 1. The fraction of sp³-hybridized carbons (Fsp3) is 0.269. The molecule has 2 aliphatic heterocycles. The molecule has 3 aromatic rings. The van der Waals surface area contributed by atoms with E-state index in [1.165, 1.54) is 25.1 Å². The summed E-state index contributed by atoms with van der Waals surface area (Å²) in [5, 5.41) is 2.39. The lowest BCUT2D eigenvalue weighted by molar-refractivity contribution is -0.620. The van der Waals surface area contributed by atoms with Crippen LogP contribution in [-0.4, -0.2) is 36.1 Å². The van der Waals surface area contributed by atoms with Crippen molar-refractivity contribution in [3.8, 4) is 17.0 Å². The number of carbonyl (C=O) groups excluding carboxylic acids is 2. The number of hydrazine groups is 1. The van der Waals surface area contributed by atoms with Gasteiger partial charge in [0.1, 0.15) is 40.4 Å². The van der Waals surface area contributed by atoms with E-state index in [1.54, 1.807) is 17.6 Å². The third-order valence-corrected chi connectivity index (χ3v) is 7.28. The second kappa shape index (κ2) is 9.20. The van der Waals surface area contributed by atoms with E-state index in [-0.39, 0.29) is 34.7 Å². The van der Waals surface area contributed by atoms with Crippen molar-refractivity contribution >= 4 is 23.2 Å². The standard InChI is InChI=1S/C26H24F4N6O3/c1-24(23(31)38)12-39-21-16(24)10-19(33-20(21)13-3-6-15(27)7-4-13)25(2,26(28,29)30)11-32-22(37)14-5-8-17-18(9-14)35-36-34-17/h3-10,34-36H,11-12H2,1-2H3,(H2,31,38)(H,32,37)/p+1/t24-,25+/m0/s1. The Balaban J connectivity index is 1.58. The number of alkyl halides is 3. The van der Waals surface area contributed by atoms with Crippen molar-refractivity contribution in [2.45, 2.75) is 30.9 Å². The molecule has 0 unspecified atom stereocenters. The zero-order chi connectivity index (χ0) is 28.2. The fourth-order valence-corrected chi connectivity index (χ4v) is 4.50. The molecule has 0 saturated heterocycles. The van der Waals surface area contributed by atoms with E-state index < -0.39 is 46.9 Å². The first-order valence-corrected chi connectivity index (χ1v) is 11.9. The first-order chi connectivity index (χ1) is 18.3. The van der Waals surface area contributed by atoms with Crippen LogP contribution >= 0.6 is 0 Å². The maximum absolute atomic E-state index is 14.7. The molecule has 5 rings (SSSR count). The summed E-state index contributed by atoms with van der Waals surface area (Å²) >= 11 is 0. The number of ether oxygens (including phenoxy) is 1. The van der Waals surface area contributed by atoms with Crippen molar-refractivity contribution in [1.29, 1.82) is 0 Å². The van der Waals surface area contributed by atoms with E-state index in [9.17, 15) is 27.2 Å². The van der Waals surface area contributed by atoms with Crippen LogP contribution in [0.25, 0.3) is 11.3 Å². The summed E-state index contributed by atoms with van der Waals surface area (Å²) in [6.45, 7) is 1.34. The lowest BCUT2D eigenvalue weighted by Crippen LogP contribution is -2.86. The summed E-state index contributed by atoms with van der Waals surface area (Å²) in [6.07, 6.45) is -4.87. The highest BCUT2D eigenvalue weighted by Crippen LogP contribution is 2.48. The second-order valence-electron chi connectivity index (χ2n) is 9.95. The largest absolute Gasteiger partial charge is 0.489 e. The molecule has 0 saturated carbocycles. The number of anilines is 1.